The summed E-state index contributed by atoms with van der Waals surface area (Å²) in [5.74, 6) is 0. The zero-order valence-electron chi connectivity index (χ0n) is 10.0. The highest BCUT2D eigenvalue weighted by atomic mass is 15.0. The minimum Gasteiger partial charge on any atom is -0.341 e. The molecule has 2 aromatic heterocycles. The van der Waals surface area contributed by atoms with Gasteiger partial charge in [-0.25, -0.2) is 9.97 Å². The lowest BCUT2D eigenvalue weighted by molar-refractivity contribution is 0.913. The van der Waals surface area contributed by atoms with Crippen molar-refractivity contribution in [3.63, 3.8) is 0 Å². The Bertz CT molecular complexity index is 399. The molecule has 0 aliphatic rings. The van der Waals surface area contributed by atoms with Crippen LogP contribution in [0.1, 0.15) is 4.11 Å². The predicted octanol–water partition coefficient (Wildman–Crippen LogP) is 0.840. The minimum atomic E-state index is -0.137. The van der Waals surface area contributed by atoms with E-state index >= 15 is 0 Å². The highest BCUT2D eigenvalue weighted by Crippen LogP contribution is 1.74. The molecule has 0 aromatic carbocycles. The van der Waals surface area contributed by atoms with E-state index in [0.717, 1.165) is 0 Å². The third-order valence-electron chi connectivity index (χ3n) is 1.11. The van der Waals surface area contributed by atoms with E-state index in [9.17, 15) is 0 Å². The van der Waals surface area contributed by atoms with Crippen molar-refractivity contribution < 1.29 is 4.11 Å². The molecule has 2 aromatic rings. The summed E-state index contributed by atoms with van der Waals surface area (Å²) in [6.07, 6.45) is 5.20. The van der Waals surface area contributed by atoms with Crippen LogP contribution in [0.3, 0.4) is 0 Å². The molecular formula is C8H12N4. The Balaban J connectivity index is 0.000000162. The van der Waals surface area contributed by atoms with Crippen molar-refractivity contribution in [2.24, 2.45) is 14.1 Å². The van der Waals surface area contributed by atoms with E-state index in [0.29, 0.717) is 0 Å². The number of hydrogen-bond acceptors (Lipinski definition) is 2. The third kappa shape index (κ3) is 3.01. The van der Waals surface area contributed by atoms with Crippen molar-refractivity contribution in [3.8, 4) is 0 Å². The zero-order chi connectivity index (χ0) is 11.4. The number of aryl methyl sites for hydroxylation is 1. The average Bonchev–Trinajstić information content (AvgIpc) is 2.73. The van der Waals surface area contributed by atoms with Gasteiger partial charge in [0.15, 0.2) is 0 Å². The Morgan fingerprint density at radius 3 is 2.25 bits per heavy atom. The van der Waals surface area contributed by atoms with Crippen LogP contribution < -0.4 is 0 Å². The van der Waals surface area contributed by atoms with Crippen LogP contribution in [0.5, 0.6) is 0 Å². The molecule has 0 amide bonds. The normalized spacial score (nSPS) is 12.3. The predicted molar refractivity (Wildman–Crippen MR) is 46.4 cm³/mol. The molecule has 2 rings (SSSR count). The van der Waals surface area contributed by atoms with E-state index in [1.165, 1.54) is 11.6 Å². The van der Waals surface area contributed by atoms with E-state index < -0.39 is 0 Å². The van der Waals surface area contributed by atoms with E-state index in [1.54, 1.807) is 12.5 Å². The smallest absolute Gasteiger partial charge is 0.104 e. The second-order valence-electron chi connectivity index (χ2n) is 2.22. The molecule has 2 heterocycles. The topological polar surface area (TPSA) is 35.6 Å². The SMILES string of the molecule is Cn1ccnc1.[2H]c1nc([2H])n(C)c1[2H]. The molecule has 0 saturated heterocycles. The second-order valence-corrected chi connectivity index (χ2v) is 2.22. The van der Waals surface area contributed by atoms with Gasteiger partial charge in [-0.2, -0.15) is 0 Å². The van der Waals surface area contributed by atoms with Crippen LogP contribution in [0.15, 0.2) is 37.4 Å². The van der Waals surface area contributed by atoms with Gasteiger partial charge in [0.25, 0.3) is 0 Å². The standard InChI is InChI=1S/2C4H6N2/c2*1-6-3-2-5-4-6/h2*2-4H,1H3/i2D,3D,4D;. The summed E-state index contributed by atoms with van der Waals surface area (Å²) in [4.78, 5) is 7.20. The van der Waals surface area contributed by atoms with Gasteiger partial charge in [-0.15, -0.1) is 0 Å². The maximum absolute atomic E-state index is 7.06. The monoisotopic (exact) mass is 167 g/mol. The van der Waals surface area contributed by atoms with Crippen molar-refractivity contribution in [2.75, 3.05) is 0 Å². The van der Waals surface area contributed by atoms with Crippen LogP contribution in [-0.2, 0) is 14.1 Å². The first-order chi connectivity index (χ1) is 7.02. The third-order valence-corrected chi connectivity index (χ3v) is 1.11. The van der Waals surface area contributed by atoms with E-state index in [4.69, 9.17) is 4.11 Å². The average molecular weight is 167 g/mol. The van der Waals surface area contributed by atoms with Gasteiger partial charge in [0.1, 0.15) is 1.37 Å². The number of rotatable bonds is 0. The maximum Gasteiger partial charge on any atom is 0.104 e. The zero-order valence-corrected chi connectivity index (χ0v) is 7.02. The first kappa shape index (κ1) is 5.13. The van der Waals surface area contributed by atoms with Crippen molar-refractivity contribution in [2.45, 2.75) is 0 Å². The molecule has 0 spiro atoms. The van der Waals surface area contributed by atoms with Crippen LogP contribution in [-0.4, -0.2) is 19.1 Å². The number of aromatic nitrogens is 4. The molecule has 0 saturated carbocycles. The van der Waals surface area contributed by atoms with Gasteiger partial charge < -0.3 is 9.13 Å². The molecule has 0 aliphatic heterocycles. The molecule has 4 nitrogen and oxygen atoms in total. The lowest BCUT2D eigenvalue weighted by Crippen LogP contribution is -1.76. The number of imidazole rings is 2. The Kier molecular flexibility index (Phi) is 1.85. The highest BCUT2D eigenvalue weighted by Gasteiger charge is 1.69. The van der Waals surface area contributed by atoms with Crippen LogP contribution >= 0.6 is 0 Å². The van der Waals surface area contributed by atoms with Gasteiger partial charge in [-0.05, 0) is 0 Å². The first-order valence-electron chi connectivity index (χ1n) is 4.90. The summed E-state index contributed by atoms with van der Waals surface area (Å²) in [6, 6.07) is 0. The summed E-state index contributed by atoms with van der Waals surface area (Å²) < 4.78 is 24.1. The van der Waals surface area contributed by atoms with Crippen molar-refractivity contribution >= 4 is 0 Å². The van der Waals surface area contributed by atoms with Crippen molar-refractivity contribution in [1.29, 1.82) is 0 Å². The fraction of sp³-hybridized carbons (Fsp3) is 0.250. The lowest BCUT2D eigenvalue weighted by Gasteiger charge is -1.76. The highest BCUT2D eigenvalue weighted by molar-refractivity contribution is 4.70. The van der Waals surface area contributed by atoms with E-state index in [1.807, 2.05) is 17.8 Å². The van der Waals surface area contributed by atoms with E-state index in [-0.39, 0.29) is 18.6 Å². The van der Waals surface area contributed by atoms with Gasteiger partial charge in [-0.1, -0.05) is 0 Å². The number of nitrogens with zero attached hydrogens (tertiary/aromatic N) is 4. The van der Waals surface area contributed by atoms with Gasteiger partial charge in [0.05, 0.1) is 15.4 Å². The van der Waals surface area contributed by atoms with Gasteiger partial charge in [0.2, 0.25) is 0 Å². The fourth-order valence-electron chi connectivity index (χ4n) is 0.551. The molecule has 4 heteroatoms. The quantitative estimate of drug-likeness (QED) is 0.583. The molecule has 0 aliphatic carbocycles. The van der Waals surface area contributed by atoms with Crippen LogP contribution in [0.4, 0.5) is 0 Å². The Hall–Kier alpha value is -1.58. The molecule has 12 heavy (non-hydrogen) atoms. The van der Waals surface area contributed by atoms with Crippen molar-refractivity contribution in [3.05, 3.63) is 37.4 Å². The van der Waals surface area contributed by atoms with Gasteiger partial charge >= 0.3 is 0 Å². The molecule has 0 unspecified atom stereocenters. The fourth-order valence-corrected chi connectivity index (χ4v) is 0.551. The largest absolute Gasteiger partial charge is 0.341 e. The van der Waals surface area contributed by atoms with Crippen LogP contribution in [0, 0.1) is 0 Å². The van der Waals surface area contributed by atoms with E-state index in [2.05, 4.69) is 9.97 Å². The van der Waals surface area contributed by atoms with Gasteiger partial charge in [0, 0.05) is 38.8 Å². The summed E-state index contributed by atoms with van der Waals surface area (Å²) in [6.45, 7) is 0. The summed E-state index contributed by atoms with van der Waals surface area (Å²) >= 11 is 0. The Morgan fingerprint density at radius 1 is 1.25 bits per heavy atom. The molecule has 0 bridgehead atoms. The molecular weight excluding hydrogens is 152 g/mol. The molecule has 0 fully saturated rings. The minimum absolute atomic E-state index is 0.0139. The molecule has 0 atom stereocenters. The molecule has 0 N–H and O–H groups in total. The molecule has 0 radical (unpaired) electrons. The van der Waals surface area contributed by atoms with Crippen LogP contribution in [0.25, 0.3) is 0 Å². The summed E-state index contributed by atoms with van der Waals surface area (Å²) in [5, 5.41) is 0. The summed E-state index contributed by atoms with van der Waals surface area (Å²) in [7, 11) is 3.47. The maximum atomic E-state index is 7.06. The van der Waals surface area contributed by atoms with Gasteiger partial charge in [-0.3, -0.25) is 0 Å². The van der Waals surface area contributed by atoms with Crippen LogP contribution in [0.2, 0.25) is 0 Å². The number of hydrogen-bond donors (Lipinski definition) is 0. The first-order valence-corrected chi connectivity index (χ1v) is 3.40. The second kappa shape index (κ2) is 4.33. The molecule has 64 valence electrons. The lowest BCUT2D eigenvalue weighted by atomic mass is 10.9. The Labute approximate surface area is 75.7 Å². The van der Waals surface area contributed by atoms with Crippen molar-refractivity contribution in [1.82, 2.24) is 19.1 Å². The Morgan fingerprint density at radius 2 is 2.08 bits per heavy atom. The summed E-state index contributed by atoms with van der Waals surface area (Å²) in [5.41, 5.74) is 0.